The third-order valence-corrected chi connectivity index (χ3v) is 8.17. The van der Waals surface area contributed by atoms with Gasteiger partial charge in [0.2, 0.25) is 10.0 Å². The van der Waals surface area contributed by atoms with Gasteiger partial charge in [0.25, 0.3) is 5.91 Å². The van der Waals surface area contributed by atoms with Crippen LogP contribution < -0.4 is 5.32 Å². The largest absolute Gasteiger partial charge is 0.346 e. The summed E-state index contributed by atoms with van der Waals surface area (Å²) in [7, 11) is -3.46. The van der Waals surface area contributed by atoms with Gasteiger partial charge in [-0.1, -0.05) is 60.2 Å². The summed E-state index contributed by atoms with van der Waals surface area (Å²) in [4.78, 5) is 15.2. The highest BCUT2D eigenvalue weighted by Crippen LogP contribution is 2.19. The van der Waals surface area contributed by atoms with Gasteiger partial charge in [0.15, 0.2) is 0 Å². The van der Waals surface area contributed by atoms with E-state index in [-0.39, 0.29) is 11.9 Å². The molecule has 1 amide bonds. The van der Waals surface area contributed by atoms with E-state index in [1.165, 1.54) is 0 Å². The van der Waals surface area contributed by atoms with Crippen molar-refractivity contribution < 1.29 is 13.2 Å². The molecule has 1 atom stereocenters. The summed E-state index contributed by atoms with van der Waals surface area (Å²) in [5, 5.41) is 3.04. The van der Waals surface area contributed by atoms with Crippen LogP contribution in [-0.2, 0) is 16.6 Å². The summed E-state index contributed by atoms with van der Waals surface area (Å²) in [6, 6.07) is 24.5. The van der Waals surface area contributed by atoms with E-state index in [0.717, 1.165) is 23.2 Å². The summed E-state index contributed by atoms with van der Waals surface area (Å²) < 4.78 is 27.4. The topological polar surface area (TPSA) is 69.7 Å². The molecule has 1 aliphatic rings. The number of rotatable bonds is 7. The van der Waals surface area contributed by atoms with Gasteiger partial charge in [0, 0.05) is 38.3 Å². The number of carbonyl (C=O) groups excluding carboxylic acids is 1. The van der Waals surface area contributed by atoms with E-state index < -0.39 is 10.0 Å². The van der Waals surface area contributed by atoms with Gasteiger partial charge in [-0.2, -0.15) is 4.31 Å². The van der Waals surface area contributed by atoms with Gasteiger partial charge in [0.05, 0.1) is 10.9 Å². The maximum Gasteiger partial charge on any atom is 0.251 e. The molecule has 178 valence electrons. The number of benzene rings is 3. The van der Waals surface area contributed by atoms with E-state index in [1.54, 1.807) is 16.4 Å². The van der Waals surface area contributed by atoms with Gasteiger partial charge in [-0.15, -0.1) is 0 Å². The first-order valence-corrected chi connectivity index (χ1v) is 13.0. The second kappa shape index (κ2) is 10.5. The van der Waals surface area contributed by atoms with Crippen LogP contribution in [-0.4, -0.2) is 49.7 Å². The Morgan fingerprint density at radius 1 is 0.882 bits per heavy atom. The monoisotopic (exact) mass is 477 g/mol. The number of hydrogen-bond donors (Lipinski definition) is 1. The number of aryl methyl sites for hydroxylation is 1. The van der Waals surface area contributed by atoms with Crippen LogP contribution >= 0.6 is 0 Å². The third kappa shape index (κ3) is 5.73. The van der Waals surface area contributed by atoms with E-state index in [1.807, 2.05) is 80.6 Å². The third-order valence-electron chi connectivity index (χ3n) is 6.26. The summed E-state index contributed by atoms with van der Waals surface area (Å²) in [6.45, 7) is 6.91. The molecule has 0 radical (unpaired) electrons. The first kappa shape index (κ1) is 24.1. The molecule has 3 aromatic carbocycles. The number of amides is 1. The highest BCUT2D eigenvalue weighted by atomic mass is 32.2. The van der Waals surface area contributed by atoms with Crippen LogP contribution in [0.2, 0.25) is 0 Å². The van der Waals surface area contributed by atoms with E-state index >= 15 is 0 Å². The van der Waals surface area contributed by atoms with Crippen LogP contribution in [0.1, 0.15) is 40.0 Å². The molecule has 34 heavy (non-hydrogen) atoms. The number of nitrogens with one attached hydrogen (secondary N) is 1. The fourth-order valence-electron chi connectivity index (χ4n) is 4.11. The summed E-state index contributed by atoms with van der Waals surface area (Å²) in [5.41, 5.74) is 3.83. The lowest BCUT2D eigenvalue weighted by molar-refractivity contribution is 0.0940. The Labute approximate surface area is 202 Å². The molecule has 0 aromatic heterocycles. The minimum Gasteiger partial charge on any atom is -0.346 e. The molecule has 1 saturated heterocycles. The van der Waals surface area contributed by atoms with Crippen LogP contribution in [0.3, 0.4) is 0 Å². The Hall–Kier alpha value is -3.00. The molecular weight excluding hydrogens is 446 g/mol. The molecule has 6 nitrogen and oxygen atoms in total. The Kier molecular flexibility index (Phi) is 7.46. The van der Waals surface area contributed by atoms with Crippen molar-refractivity contribution in [3.05, 3.63) is 101 Å². The Morgan fingerprint density at radius 2 is 1.50 bits per heavy atom. The molecule has 3 aromatic rings. The predicted molar refractivity (Wildman–Crippen MR) is 134 cm³/mol. The van der Waals surface area contributed by atoms with Crippen molar-refractivity contribution >= 4 is 15.9 Å². The molecule has 4 rings (SSSR count). The van der Waals surface area contributed by atoms with Crippen molar-refractivity contribution in [3.63, 3.8) is 0 Å². The maximum absolute atomic E-state index is 12.9. The summed E-state index contributed by atoms with van der Waals surface area (Å²) >= 11 is 0. The van der Waals surface area contributed by atoms with Crippen LogP contribution in [0.25, 0.3) is 0 Å². The zero-order valence-electron chi connectivity index (χ0n) is 19.6. The molecule has 1 unspecified atom stereocenters. The predicted octanol–water partition coefficient (Wildman–Crippen LogP) is 3.99. The molecule has 1 N–H and O–H groups in total. The molecule has 0 saturated carbocycles. The number of nitrogens with zero attached hydrogens (tertiary/aromatic N) is 2. The molecule has 0 spiro atoms. The van der Waals surface area contributed by atoms with E-state index in [9.17, 15) is 13.2 Å². The Bertz CT molecular complexity index is 1200. The molecular formula is C27H31N3O3S. The normalized spacial score (nSPS) is 16.2. The number of hydrogen-bond acceptors (Lipinski definition) is 4. The first-order chi connectivity index (χ1) is 16.3. The highest BCUT2D eigenvalue weighted by Gasteiger charge is 2.28. The van der Waals surface area contributed by atoms with Crippen molar-refractivity contribution in [1.29, 1.82) is 0 Å². The van der Waals surface area contributed by atoms with Crippen molar-refractivity contribution in [1.82, 2.24) is 14.5 Å². The van der Waals surface area contributed by atoms with Crippen molar-refractivity contribution in [2.75, 3.05) is 26.2 Å². The fraction of sp³-hybridized carbons (Fsp3) is 0.296. The lowest BCUT2D eigenvalue weighted by atomic mass is 10.1. The fourth-order valence-corrected chi connectivity index (χ4v) is 5.53. The van der Waals surface area contributed by atoms with Gasteiger partial charge in [-0.25, -0.2) is 8.42 Å². The lowest BCUT2D eigenvalue weighted by Crippen LogP contribution is -2.48. The molecule has 7 heteroatoms. The van der Waals surface area contributed by atoms with Gasteiger partial charge < -0.3 is 5.32 Å². The zero-order valence-corrected chi connectivity index (χ0v) is 20.5. The van der Waals surface area contributed by atoms with Gasteiger partial charge >= 0.3 is 0 Å². The first-order valence-electron chi connectivity index (χ1n) is 11.6. The molecule has 0 bridgehead atoms. The van der Waals surface area contributed by atoms with Crippen molar-refractivity contribution in [2.24, 2.45) is 0 Å². The number of carbonyl (C=O) groups is 1. The van der Waals surface area contributed by atoms with Crippen LogP contribution in [0, 0.1) is 6.92 Å². The van der Waals surface area contributed by atoms with Crippen molar-refractivity contribution in [3.8, 4) is 0 Å². The van der Waals surface area contributed by atoms with E-state index in [0.29, 0.717) is 36.6 Å². The quantitative estimate of drug-likeness (QED) is 0.559. The Morgan fingerprint density at radius 3 is 2.12 bits per heavy atom. The van der Waals surface area contributed by atoms with Crippen LogP contribution in [0.5, 0.6) is 0 Å². The standard InChI is InChI=1S/C27H31N3O3S/c1-21-8-14-26(15-9-21)34(32,33)30-18-16-29(17-19-30)20-23-10-12-25(13-11-23)27(31)28-22(2)24-6-4-3-5-7-24/h3-15,22H,16-20H2,1-2H3,(H,28,31). The minimum atomic E-state index is -3.46. The van der Waals surface area contributed by atoms with E-state index in [4.69, 9.17) is 0 Å². The number of piperazine rings is 1. The second-order valence-electron chi connectivity index (χ2n) is 8.80. The summed E-state index contributed by atoms with van der Waals surface area (Å²) in [6.07, 6.45) is 0. The highest BCUT2D eigenvalue weighted by molar-refractivity contribution is 7.89. The average molecular weight is 478 g/mol. The smallest absolute Gasteiger partial charge is 0.251 e. The minimum absolute atomic E-state index is 0.0686. The average Bonchev–Trinajstić information content (AvgIpc) is 2.85. The molecule has 1 heterocycles. The SMILES string of the molecule is Cc1ccc(S(=O)(=O)N2CCN(Cc3ccc(C(=O)NC(C)c4ccccc4)cc3)CC2)cc1. The maximum atomic E-state index is 12.9. The van der Waals surface area contributed by atoms with Crippen LogP contribution in [0.4, 0.5) is 0 Å². The van der Waals surface area contributed by atoms with Crippen LogP contribution in [0.15, 0.2) is 83.8 Å². The van der Waals surface area contributed by atoms with Crippen molar-refractivity contribution in [2.45, 2.75) is 31.3 Å². The van der Waals surface area contributed by atoms with Gasteiger partial charge in [-0.05, 0) is 49.2 Å². The molecule has 0 aliphatic carbocycles. The number of sulfonamides is 1. The Balaban J connectivity index is 1.30. The molecule has 1 aliphatic heterocycles. The second-order valence-corrected chi connectivity index (χ2v) is 10.7. The van der Waals surface area contributed by atoms with Gasteiger partial charge in [-0.3, -0.25) is 9.69 Å². The zero-order chi connectivity index (χ0) is 24.1. The molecule has 1 fully saturated rings. The lowest BCUT2D eigenvalue weighted by Gasteiger charge is -2.34. The van der Waals surface area contributed by atoms with Gasteiger partial charge in [0.1, 0.15) is 0 Å². The summed E-state index contributed by atoms with van der Waals surface area (Å²) in [5.74, 6) is -0.0992. The van der Waals surface area contributed by atoms with E-state index in [2.05, 4.69) is 10.2 Å².